The summed E-state index contributed by atoms with van der Waals surface area (Å²) in [6.45, 7) is 6.54. The van der Waals surface area contributed by atoms with E-state index in [4.69, 9.17) is 4.74 Å². The zero-order valence-corrected chi connectivity index (χ0v) is 11.1. The first-order valence-electron chi connectivity index (χ1n) is 6.49. The Morgan fingerprint density at radius 2 is 2.12 bits per heavy atom. The van der Waals surface area contributed by atoms with Crippen molar-refractivity contribution in [2.45, 2.75) is 52.1 Å². The van der Waals surface area contributed by atoms with Gasteiger partial charge in [-0.3, -0.25) is 0 Å². The summed E-state index contributed by atoms with van der Waals surface area (Å²) >= 11 is 0. The summed E-state index contributed by atoms with van der Waals surface area (Å²) in [6, 6.07) is 8.41. The topological polar surface area (TPSA) is 9.23 Å². The van der Waals surface area contributed by atoms with Crippen LogP contribution in [0.3, 0.4) is 0 Å². The molecule has 0 aromatic heterocycles. The van der Waals surface area contributed by atoms with Gasteiger partial charge < -0.3 is 4.74 Å². The number of aryl methyl sites for hydroxylation is 1. The predicted molar refractivity (Wildman–Crippen MR) is 72.5 cm³/mol. The number of para-hydroxylation sites is 1. The van der Waals surface area contributed by atoms with Crippen molar-refractivity contribution in [1.29, 1.82) is 0 Å². The lowest BCUT2D eigenvalue weighted by Crippen LogP contribution is -2.36. The maximum absolute atomic E-state index is 6.17. The highest BCUT2D eigenvalue weighted by molar-refractivity contribution is 5.35. The van der Waals surface area contributed by atoms with Gasteiger partial charge in [-0.15, -0.1) is 0 Å². The molecular weight excluding hydrogens is 208 g/mol. The Morgan fingerprint density at radius 3 is 2.88 bits per heavy atom. The third kappa shape index (κ3) is 3.12. The lowest BCUT2D eigenvalue weighted by atomic mass is 9.88. The first-order chi connectivity index (χ1) is 8.09. The van der Waals surface area contributed by atoms with Gasteiger partial charge in [0, 0.05) is 0 Å². The zero-order chi connectivity index (χ0) is 12.3. The Morgan fingerprint density at radius 1 is 1.35 bits per heavy atom. The van der Waals surface area contributed by atoms with Crippen LogP contribution in [0.1, 0.15) is 45.6 Å². The smallest absolute Gasteiger partial charge is 0.123 e. The van der Waals surface area contributed by atoms with E-state index in [2.05, 4.69) is 51.1 Å². The van der Waals surface area contributed by atoms with Crippen LogP contribution in [-0.4, -0.2) is 5.60 Å². The van der Waals surface area contributed by atoms with Gasteiger partial charge in [0.1, 0.15) is 11.4 Å². The second kappa shape index (κ2) is 4.95. The van der Waals surface area contributed by atoms with Crippen LogP contribution < -0.4 is 4.74 Å². The third-order valence-electron chi connectivity index (χ3n) is 3.48. The Kier molecular flexibility index (Phi) is 3.56. The number of fused-ring (bicyclic) bond motifs is 1. The van der Waals surface area contributed by atoms with Gasteiger partial charge in [-0.1, -0.05) is 29.8 Å². The standard InChI is InChI=1S/C16H22O/c1-13(2)7-6-11-16(3)12-10-14-8-4-5-9-15(14)17-16/h4-5,7-9H,6,10-12H2,1-3H3. The Labute approximate surface area is 104 Å². The molecule has 1 atom stereocenters. The van der Waals surface area contributed by atoms with Gasteiger partial charge in [0.15, 0.2) is 0 Å². The van der Waals surface area contributed by atoms with E-state index in [1.54, 1.807) is 0 Å². The van der Waals surface area contributed by atoms with Gasteiger partial charge in [0.25, 0.3) is 0 Å². The quantitative estimate of drug-likeness (QED) is 0.694. The van der Waals surface area contributed by atoms with Gasteiger partial charge in [0.05, 0.1) is 0 Å². The molecule has 0 fully saturated rings. The van der Waals surface area contributed by atoms with Crippen LogP contribution in [0.25, 0.3) is 0 Å². The third-order valence-corrected chi connectivity index (χ3v) is 3.48. The number of hydrogen-bond donors (Lipinski definition) is 0. The molecular formula is C16H22O. The molecule has 0 saturated heterocycles. The number of ether oxygens (including phenoxy) is 1. The molecule has 92 valence electrons. The van der Waals surface area contributed by atoms with E-state index in [0.29, 0.717) is 0 Å². The molecule has 0 aliphatic carbocycles. The maximum Gasteiger partial charge on any atom is 0.123 e. The Balaban J connectivity index is 2.02. The van der Waals surface area contributed by atoms with Crippen LogP contribution >= 0.6 is 0 Å². The molecule has 0 amide bonds. The molecule has 0 radical (unpaired) electrons. The molecule has 1 nitrogen and oxygen atoms in total. The molecule has 17 heavy (non-hydrogen) atoms. The van der Waals surface area contributed by atoms with Gasteiger partial charge in [-0.05, 0) is 58.1 Å². The fourth-order valence-corrected chi connectivity index (χ4v) is 2.37. The summed E-state index contributed by atoms with van der Waals surface area (Å²) in [5.74, 6) is 1.08. The van der Waals surface area contributed by atoms with E-state index in [1.807, 2.05) is 0 Å². The molecule has 1 heteroatoms. The highest BCUT2D eigenvalue weighted by Crippen LogP contribution is 2.35. The van der Waals surface area contributed by atoms with Crippen LogP contribution in [0.2, 0.25) is 0 Å². The summed E-state index contributed by atoms with van der Waals surface area (Å²) in [7, 11) is 0. The molecule has 1 unspecified atom stereocenters. The average molecular weight is 230 g/mol. The minimum Gasteiger partial charge on any atom is -0.487 e. The summed E-state index contributed by atoms with van der Waals surface area (Å²) < 4.78 is 6.17. The van der Waals surface area contributed by atoms with E-state index < -0.39 is 0 Å². The molecule has 0 spiro atoms. The van der Waals surface area contributed by atoms with Crippen molar-refractivity contribution in [3.8, 4) is 5.75 Å². The highest BCUT2D eigenvalue weighted by Gasteiger charge is 2.30. The number of benzene rings is 1. The van der Waals surface area contributed by atoms with Crippen LogP contribution in [0.5, 0.6) is 5.75 Å². The summed E-state index contributed by atoms with van der Waals surface area (Å²) in [5.41, 5.74) is 2.76. The Bertz CT molecular complexity index is 415. The molecule has 1 aliphatic heterocycles. The number of hydrogen-bond acceptors (Lipinski definition) is 1. The maximum atomic E-state index is 6.17. The minimum absolute atomic E-state index is 0.0142. The van der Waals surface area contributed by atoms with E-state index in [1.165, 1.54) is 11.1 Å². The van der Waals surface area contributed by atoms with E-state index in [9.17, 15) is 0 Å². The fraction of sp³-hybridized carbons (Fsp3) is 0.500. The first-order valence-corrected chi connectivity index (χ1v) is 6.49. The molecule has 0 N–H and O–H groups in total. The minimum atomic E-state index is 0.0142. The summed E-state index contributed by atoms with van der Waals surface area (Å²) in [4.78, 5) is 0. The van der Waals surface area contributed by atoms with Crippen molar-refractivity contribution in [2.24, 2.45) is 0 Å². The predicted octanol–water partition coefficient (Wildman–Crippen LogP) is 4.52. The number of allylic oxidation sites excluding steroid dienone is 2. The molecule has 1 heterocycles. The van der Waals surface area contributed by atoms with E-state index >= 15 is 0 Å². The first kappa shape index (κ1) is 12.2. The fourth-order valence-electron chi connectivity index (χ4n) is 2.37. The largest absolute Gasteiger partial charge is 0.487 e. The molecule has 1 aliphatic rings. The zero-order valence-electron chi connectivity index (χ0n) is 11.1. The molecule has 1 aromatic rings. The summed E-state index contributed by atoms with van der Waals surface area (Å²) in [6.07, 6.45) is 6.78. The van der Waals surface area contributed by atoms with Crippen LogP contribution in [-0.2, 0) is 6.42 Å². The van der Waals surface area contributed by atoms with Crippen molar-refractivity contribution in [1.82, 2.24) is 0 Å². The van der Waals surface area contributed by atoms with Gasteiger partial charge in [0.2, 0.25) is 0 Å². The second-order valence-corrected chi connectivity index (χ2v) is 5.48. The monoisotopic (exact) mass is 230 g/mol. The lowest BCUT2D eigenvalue weighted by Gasteiger charge is -2.35. The number of rotatable bonds is 3. The van der Waals surface area contributed by atoms with Gasteiger partial charge >= 0.3 is 0 Å². The van der Waals surface area contributed by atoms with Crippen molar-refractivity contribution in [2.75, 3.05) is 0 Å². The van der Waals surface area contributed by atoms with Crippen molar-refractivity contribution < 1.29 is 4.74 Å². The molecule has 2 rings (SSSR count). The van der Waals surface area contributed by atoms with Crippen molar-refractivity contribution >= 4 is 0 Å². The molecule has 1 aromatic carbocycles. The van der Waals surface area contributed by atoms with E-state index in [0.717, 1.165) is 31.4 Å². The normalized spacial score (nSPS) is 22.5. The van der Waals surface area contributed by atoms with Crippen LogP contribution in [0, 0.1) is 0 Å². The van der Waals surface area contributed by atoms with Crippen LogP contribution in [0.15, 0.2) is 35.9 Å². The van der Waals surface area contributed by atoms with Crippen LogP contribution in [0.4, 0.5) is 0 Å². The molecule has 0 bridgehead atoms. The highest BCUT2D eigenvalue weighted by atomic mass is 16.5. The SMILES string of the molecule is CC(C)=CCCC1(C)CCc2ccccc2O1. The second-order valence-electron chi connectivity index (χ2n) is 5.48. The lowest BCUT2D eigenvalue weighted by molar-refractivity contribution is 0.0572. The van der Waals surface area contributed by atoms with Gasteiger partial charge in [-0.2, -0.15) is 0 Å². The van der Waals surface area contributed by atoms with E-state index in [-0.39, 0.29) is 5.60 Å². The van der Waals surface area contributed by atoms with Crippen molar-refractivity contribution in [3.63, 3.8) is 0 Å². The van der Waals surface area contributed by atoms with Gasteiger partial charge in [-0.25, -0.2) is 0 Å². The van der Waals surface area contributed by atoms with Crippen molar-refractivity contribution in [3.05, 3.63) is 41.5 Å². The molecule has 0 saturated carbocycles. The average Bonchev–Trinajstić information content (AvgIpc) is 2.28. The Hall–Kier alpha value is -1.24. The summed E-state index contributed by atoms with van der Waals surface area (Å²) in [5, 5.41) is 0.